The van der Waals surface area contributed by atoms with Gasteiger partial charge in [0.1, 0.15) is 15.8 Å². The molecule has 1 unspecified atom stereocenters. The standard InChI is InChI=1S/C31H28N2O6S2/c1-19-11-13-20(14-12-19)24-18-40-30(27(24)31(38)39-2)33-29(37)28(21-7-4-3-5-8-21)41-23-10-6-9-22(17-23)32-25(34)15-16-26(35)36/h3-14,17-18,28H,15-16H2,1-2H3,(H,32,34)(H,33,37)(H,35,36). The maximum Gasteiger partial charge on any atom is 0.341 e. The second-order valence-corrected chi connectivity index (χ2v) is 11.1. The van der Waals surface area contributed by atoms with Gasteiger partial charge < -0.3 is 20.5 Å². The van der Waals surface area contributed by atoms with Gasteiger partial charge in [0.05, 0.1) is 13.5 Å². The molecule has 41 heavy (non-hydrogen) atoms. The van der Waals surface area contributed by atoms with Crippen molar-refractivity contribution >= 4 is 57.5 Å². The Morgan fingerprint density at radius 2 is 1.66 bits per heavy atom. The van der Waals surface area contributed by atoms with Crippen LogP contribution in [-0.2, 0) is 19.1 Å². The van der Waals surface area contributed by atoms with Crippen molar-refractivity contribution in [3.63, 3.8) is 0 Å². The number of aliphatic carboxylic acids is 1. The van der Waals surface area contributed by atoms with E-state index in [2.05, 4.69) is 10.6 Å². The van der Waals surface area contributed by atoms with E-state index in [0.29, 0.717) is 21.1 Å². The summed E-state index contributed by atoms with van der Waals surface area (Å²) in [5, 5.41) is 16.0. The number of ether oxygens (including phenoxy) is 1. The van der Waals surface area contributed by atoms with Crippen LogP contribution >= 0.6 is 23.1 Å². The van der Waals surface area contributed by atoms with E-state index in [-0.39, 0.29) is 24.3 Å². The number of nitrogens with one attached hydrogen (secondary N) is 2. The zero-order chi connectivity index (χ0) is 29.4. The molecule has 0 fully saturated rings. The summed E-state index contributed by atoms with van der Waals surface area (Å²) >= 11 is 2.54. The predicted octanol–water partition coefficient (Wildman–Crippen LogP) is 6.79. The largest absolute Gasteiger partial charge is 0.481 e. The quantitative estimate of drug-likeness (QED) is 0.130. The van der Waals surface area contributed by atoms with Gasteiger partial charge in [0.2, 0.25) is 11.8 Å². The molecule has 2 amide bonds. The summed E-state index contributed by atoms with van der Waals surface area (Å²) < 4.78 is 5.06. The maximum absolute atomic E-state index is 13.8. The highest BCUT2D eigenvalue weighted by Crippen LogP contribution is 2.40. The van der Waals surface area contributed by atoms with Crippen molar-refractivity contribution in [3.05, 3.63) is 101 Å². The van der Waals surface area contributed by atoms with Crippen LogP contribution in [0.4, 0.5) is 10.7 Å². The molecule has 1 atom stereocenters. The number of amides is 2. The van der Waals surface area contributed by atoms with Gasteiger partial charge in [-0.05, 0) is 36.2 Å². The number of carboxylic acid groups (broad SMARTS) is 1. The lowest BCUT2D eigenvalue weighted by Gasteiger charge is -2.18. The molecule has 4 aromatic rings. The molecule has 0 radical (unpaired) electrons. The summed E-state index contributed by atoms with van der Waals surface area (Å²) in [5.41, 5.74) is 4.13. The van der Waals surface area contributed by atoms with Crippen LogP contribution in [0, 0.1) is 6.92 Å². The number of carbonyl (C=O) groups excluding carboxylic acids is 3. The van der Waals surface area contributed by atoms with Gasteiger partial charge in [-0.2, -0.15) is 0 Å². The number of carboxylic acids is 1. The number of hydrogen-bond donors (Lipinski definition) is 3. The molecule has 10 heteroatoms. The predicted molar refractivity (Wildman–Crippen MR) is 161 cm³/mol. The number of rotatable bonds is 11. The first-order chi connectivity index (χ1) is 19.7. The number of carbonyl (C=O) groups is 4. The van der Waals surface area contributed by atoms with Gasteiger partial charge in [0.25, 0.3) is 0 Å². The average Bonchev–Trinajstić information content (AvgIpc) is 3.38. The van der Waals surface area contributed by atoms with Crippen molar-refractivity contribution < 1.29 is 29.0 Å². The molecule has 0 aliphatic carbocycles. The molecule has 1 heterocycles. The van der Waals surface area contributed by atoms with E-state index in [9.17, 15) is 19.2 Å². The highest BCUT2D eigenvalue weighted by Gasteiger charge is 2.27. The topological polar surface area (TPSA) is 122 Å². The monoisotopic (exact) mass is 588 g/mol. The third-order valence-corrected chi connectivity index (χ3v) is 8.20. The Balaban J connectivity index is 1.60. The van der Waals surface area contributed by atoms with Gasteiger partial charge in [-0.1, -0.05) is 66.2 Å². The Kier molecular flexibility index (Phi) is 9.94. The molecule has 0 bridgehead atoms. The van der Waals surface area contributed by atoms with Crippen molar-refractivity contribution in [2.75, 3.05) is 17.7 Å². The first-order valence-electron chi connectivity index (χ1n) is 12.7. The van der Waals surface area contributed by atoms with Gasteiger partial charge in [0.15, 0.2) is 0 Å². The Labute approximate surface area is 245 Å². The molecule has 3 aromatic carbocycles. The van der Waals surface area contributed by atoms with E-state index in [1.807, 2.05) is 73.0 Å². The summed E-state index contributed by atoms with van der Waals surface area (Å²) in [6.07, 6.45) is -0.409. The van der Waals surface area contributed by atoms with Crippen LogP contribution in [0.2, 0.25) is 0 Å². The van der Waals surface area contributed by atoms with Crippen molar-refractivity contribution in [1.82, 2.24) is 0 Å². The lowest BCUT2D eigenvalue weighted by atomic mass is 10.0. The second kappa shape index (κ2) is 13.8. The molecule has 0 aliphatic rings. The lowest BCUT2D eigenvalue weighted by Crippen LogP contribution is -2.20. The van der Waals surface area contributed by atoms with Gasteiger partial charge in [-0.15, -0.1) is 23.1 Å². The molecule has 210 valence electrons. The number of anilines is 2. The molecule has 4 rings (SSSR count). The van der Waals surface area contributed by atoms with Crippen LogP contribution in [0.3, 0.4) is 0 Å². The smallest absolute Gasteiger partial charge is 0.341 e. The van der Waals surface area contributed by atoms with Crippen LogP contribution in [0.25, 0.3) is 11.1 Å². The number of thioether (sulfide) groups is 1. The SMILES string of the molecule is COC(=O)c1c(-c2ccc(C)cc2)csc1NC(=O)C(Sc1cccc(NC(=O)CCC(=O)O)c1)c1ccccc1. The van der Waals surface area contributed by atoms with Crippen molar-refractivity contribution in [2.24, 2.45) is 0 Å². The fourth-order valence-corrected chi connectivity index (χ4v) is 6.05. The minimum Gasteiger partial charge on any atom is -0.481 e. The summed E-state index contributed by atoms with van der Waals surface area (Å²) in [7, 11) is 1.31. The van der Waals surface area contributed by atoms with Crippen LogP contribution < -0.4 is 10.6 Å². The van der Waals surface area contributed by atoms with Gasteiger partial charge >= 0.3 is 11.9 Å². The van der Waals surface area contributed by atoms with E-state index < -0.39 is 23.1 Å². The molecule has 0 spiro atoms. The maximum atomic E-state index is 13.8. The minimum absolute atomic E-state index is 0.143. The second-order valence-electron chi connectivity index (χ2n) is 9.08. The Morgan fingerprint density at radius 3 is 2.34 bits per heavy atom. The molecule has 0 saturated carbocycles. The normalized spacial score (nSPS) is 11.4. The highest BCUT2D eigenvalue weighted by molar-refractivity contribution is 8.00. The summed E-state index contributed by atoms with van der Waals surface area (Å²) in [6, 6.07) is 24.0. The van der Waals surface area contributed by atoms with Crippen LogP contribution in [0.15, 0.2) is 89.1 Å². The number of thiophene rings is 1. The number of methoxy groups -OCH3 is 1. The van der Waals surface area contributed by atoms with Crippen LogP contribution in [0.5, 0.6) is 0 Å². The minimum atomic E-state index is -1.05. The Hall–Kier alpha value is -4.41. The molecular weight excluding hydrogens is 560 g/mol. The summed E-state index contributed by atoms with van der Waals surface area (Å²) in [5.74, 6) is -2.34. The first-order valence-corrected chi connectivity index (χ1v) is 14.4. The van der Waals surface area contributed by atoms with E-state index in [4.69, 9.17) is 9.84 Å². The molecule has 0 aliphatic heterocycles. The Bertz CT molecular complexity index is 1550. The van der Waals surface area contributed by atoms with Crippen molar-refractivity contribution in [2.45, 2.75) is 29.9 Å². The first kappa shape index (κ1) is 29.6. The van der Waals surface area contributed by atoms with Crippen LogP contribution in [0.1, 0.15) is 39.6 Å². The zero-order valence-electron chi connectivity index (χ0n) is 22.4. The lowest BCUT2D eigenvalue weighted by molar-refractivity contribution is -0.138. The fraction of sp³-hybridized carbons (Fsp3) is 0.161. The number of esters is 1. The molecule has 3 N–H and O–H groups in total. The number of hydrogen-bond acceptors (Lipinski definition) is 7. The van der Waals surface area contributed by atoms with Gasteiger partial charge in [-0.25, -0.2) is 4.79 Å². The molecular formula is C31H28N2O6S2. The number of benzene rings is 3. The van der Waals surface area contributed by atoms with E-state index in [1.54, 1.807) is 18.2 Å². The third-order valence-electron chi connectivity index (χ3n) is 6.06. The highest BCUT2D eigenvalue weighted by atomic mass is 32.2. The van der Waals surface area contributed by atoms with E-state index in [1.165, 1.54) is 30.2 Å². The van der Waals surface area contributed by atoms with E-state index >= 15 is 0 Å². The summed E-state index contributed by atoms with van der Waals surface area (Å²) in [4.78, 5) is 50.2. The average molecular weight is 589 g/mol. The van der Waals surface area contributed by atoms with Crippen LogP contribution in [-0.4, -0.2) is 36.0 Å². The van der Waals surface area contributed by atoms with Gasteiger partial charge in [-0.3, -0.25) is 14.4 Å². The third kappa shape index (κ3) is 7.84. The molecule has 1 aromatic heterocycles. The fourth-order valence-electron chi connectivity index (χ4n) is 4.01. The summed E-state index contributed by atoms with van der Waals surface area (Å²) in [6.45, 7) is 1.98. The van der Waals surface area contributed by atoms with E-state index in [0.717, 1.165) is 16.7 Å². The van der Waals surface area contributed by atoms with Gasteiger partial charge in [0, 0.05) is 27.9 Å². The number of aryl methyl sites for hydroxylation is 1. The van der Waals surface area contributed by atoms with Crippen molar-refractivity contribution in [1.29, 1.82) is 0 Å². The zero-order valence-corrected chi connectivity index (χ0v) is 24.0. The Morgan fingerprint density at radius 1 is 0.927 bits per heavy atom. The molecule has 8 nitrogen and oxygen atoms in total. The molecule has 0 saturated heterocycles. The van der Waals surface area contributed by atoms with Crippen molar-refractivity contribution in [3.8, 4) is 11.1 Å².